The zero-order valence-electron chi connectivity index (χ0n) is 13.4. The number of nitrogens with one attached hydrogen (secondary N) is 1. The highest BCUT2D eigenvalue weighted by molar-refractivity contribution is 7.22. The Morgan fingerprint density at radius 3 is 2.96 bits per heavy atom. The quantitative estimate of drug-likeness (QED) is 0.922. The van der Waals surface area contributed by atoms with E-state index in [2.05, 4.69) is 21.3 Å². The Morgan fingerprint density at radius 2 is 2.08 bits per heavy atom. The van der Waals surface area contributed by atoms with E-state index in [4.69, 9.17) is 9.72 Å². The number of fused-ring (bicyclic) bond motifs is 1. The van der Waals surface area contributed by atoms with Gasteiger partial charge in [0.1, 0.15) is 0 Å². The lowest BCUT2D eigenvalue weighted by atomic mass is 10.3. The number of para-hydroxylation sites is 1. The molecule has 0 unspecified atom stereocenters. The number of hydrogen-bond donors (Lipinski definition) is 1. The monoisotopic (exact) mass is 342 g/mol. The van der Waals surface area contributed by atoms with Gasteiger partial charge in [-0.25, -0.2) is 9.98 Å². The minimum absolute atomic E-state index is 0.824. The standard InChI is InChI=1S/C17H20N5OS/c1-2-5-15-14(4-1)20-17(24-15)22-8-3-6-18-16(22)19-7-9-21-10-12-23-13-11-21/h1-6,8H,7,9-13H2,(H,18,19). The van der Waals surface area contributed by atoms with Crippen molar-refractivity contribution in [2.75, 3.05) is 44.3 Å². The van der Waals surface area contributed by atoms with Crippen molar-refractivity contribution < 1.29 is 4.74 Å². The Bertz CT molecular complexity index is 717. The third-order valence-electron chi connectivity index (χ3n) is 4.05. The fourth-order valence-corrected chi connectivity index (χ4v) is 3.72. The third-order valence-corrected chi connectivity index (χ3v) is 5.09. The smallest absolute Gasteiger partial charge is 0.205 e. The second-order valence-corrected chi connectivity index (χ2v) is 6.67. The molecule has 125 valence electrons. The maximum Gasteiger partial charge on any atom is 0.205 e. The first-order valence-electron chi connectivity index (χ1n) is 8.17. The number of anilines is 1. The van der Waals surface area contributed by atoms with Crippen molar-refractivity contribution in [2.24, 2.45) is 4.99 Å². The van der Waals surface area contributed by atoms with Gasteiger partial charge >= 0.3 is 0 Å². The molecule has 0 aliphatic carbocycles. The second-order valence-electron chi connectivity index (χ2n) is 5.66. The van der Waals surface area contributed by atoms with Crippen LogP contribution in [0.15, 0.2) is 41.5 Å². The molecule has 1 radical (unpaired) electrons. The summed E-state index contributed by atoms with van der Waals surface area (Å²) in [7, 11) is 0. The van der Waals surface area contributed by atoms with Crippen LogP contribution in [0, 0.1) is 6.54 Å². The largest absolute Gasteiger partial charge is 0.379 e. The topological polar surface area (TPSA) is 53.0 Å². The number of guanidine groups is 1. The van der Waals surface area contributed by atoms with Gasteiger partial charge in [-0.2, -0.15) is 0 Å². The predicted molar refractivity (Wildman–Crippen MR) is 98.2 cm³/mol. The summed E-state index contributed by atoms with van der Waals surface area (Å²) in [4.78, 5) is 13.6. The lowest BCUT2D eigenvalue weighted by molar-refractivity contribution is 0.0389. The molecule has 1 fully saturated rings. The van der Waals surface area contributed by atoms with Crippen LogP contribution in [-0.4, -0.2) is 55.2 Å². The van der Waals surface area contributed by atoms with Gasteiger partial charge in [-0.05, 0) is 18.2 Å². The van der Waals surface area contributed by atoms with Gasteiger partial charge in [0.15, 0.2) is 5.13 Å². The van der Waals surface area contributed by atoms with Crippen molar-refractivity contribution in [3.63, 3.8) is 0 Å². The van der Waals surface area contributed by atoms with Gasteiger partial charge in [-0.1, -0.05) is 23.5 Å². The molecule has 0 spiro atoms. The molecule has 1 N–H and O–H groups in total. The van der Waals surface area contributed by atoms with Crippen LogP contribution in [0.5, 0.6) is 0 Å². The summed E-state index contributed by atoms with van der Waals surface area (Å²) in [5, 5.41) is 4.37. The van der Waals surface area contributed by atoms with Crippen LogP contribution in [0.4, 0.5) is 5.13 Å². The fourth-order valence-electron chi connectivity index (χ4n) is 2.77. The molecule has 1 aromatic heterocycles. The number of ether oxygens (including phenoxy) is 1. The van der Waals surface area contributed by atoms with Gasteiger partial charge in [-0.15, -0.1) is 0 Å². The molecular formula is C17H20N5OS. The molecule has 0 atom stereocenters. The Kier molecular flexibility index (Phi) is 4.73. The number of rotatable bonds is 4. The summed E-state index contributed by atoms with van der Waals surface area (Å²) in [6.45, 7) is 7.50. The maximum absolute atomic E-state index is 5.38. The number of thiazole rings is 1. The Balaban J connectivity index is 1.42. The zero-order valence-corrected chi connectivity index (χ0v) is 14.2. The van der Waals surface area contributed by atoms with Crippen LogP contribution in [0.25, 0.3) is 10.2 Å². The summed E-state index contributed by atoms with van der Waals surface area (Å²) < 4.78 is 6.57. The highest BCUT2D eigenvalue weighted by Gasteiger charge is 2.19. The average Bonchev–Trinajstić information content (AvgIpc) is 3.07. The average molecular weight is 342 g/mol. The minimum atomic E-state index is 0.824. The maximum atomic E-state index is 5.38. The van der Waals surface area contributed by atoms with Gasteiger partial charge in [0.25, 0.3) is 0 Å². The zero-order chi connectivity index (χ0) is 16.2. The molecular weight excluding hydrogens is 322 g/mol. The summed E-state index contributed by atoms with van der Waals surface area (Å²) >= 11 is 1.67. The van der Waals surface area contributed by atoms with E-state index in [-0.39, 0.29) is 0 Å². The summed E-state index contributed by atoms with van der Waals surface area (Å²) in [5.74, 6) is 0.824. The Hall–Kier alpha value is -1.96. The Labute approximate surface area is 145 Å². The van der Waals surface area contributed by atoms with Gasteiger partial charge < -0.3 is 10.1 Å². The lowest BCUT2D eigenvalue weighted by Crippen LogP contribution is -2.45. The van der Waals surface area contributed by atoms with E-state index >= 15 is 0 Å². The van der Waals surface area contributed by atoms with E-state index in [1.807, 2.05) is 35.7 Å². The number of hydrogen-bond acceptors (Lipinski definition) is 7. The van der Waals surface area contributed by atoms with Crippen molar-refractivity contribution in [3.8, 4) is 0 Å². The number of morpholine rings is 1. The van der Waals surface area contributed by atoms with E-state index in [9.17, 15) is 0 Å². The van der Waals surface area contributed by atoms with E-state index in [1.165, 1.54) is 4.70 Å². The van der Waals surface area contributed by atoms with Crippen LogP contribution < -0.4 is 10.2 Å². The molecule has 0 saturated carbocycles. The molecule has 1 aromatic carbocycles. The van der Waals surface area contributed by atoms with Crippen molar-refractivity contribution >= 4 is 32.6 Å². The number of aliphatic imine (C=N–C) groups is 1. The molecule has 0 bridgehead atoms. The molecule has 24 heavy (non-hydrogen) atoms. The molecule has 2 aromatic rings. The van der Waals surface area contributed by atoms with Crippen LogP contribution in [0.3, 0.4) is 0 Å². The second kappa shape index (κ2) is 7.29. The molecule has 2 aliphatic heterocycles. The summed E-state index contributed by atoms with van der Waals surface area (Å²) in [5.41, 5.74) is 1.02. The van der Waals surface area contributed by atoms with Gasteiger partial charge in [0.05, 0.1) is 30.0 Å². The number of nitrogens with zero attached hydrogens (tertiary/aromatic N) is 4. The molecule has 0 amide bonds. The van der Waals surface area contributed by atoms with E-state index in [0.717, 1.165) is 56.0 Å². The number of aromatic nitrogens is 1. The normalized spacial score (nSPS) is 18.8. The van der Waals surface area contributed by atoms with Gasteiger partial charge in [0, 0.05) is 32.4 Å². The fraction of sp³-hybridized carbons (Fsp3) is 0.353. The van der Waals surface area contributed by atoms with E-state index in [1.54, 1.807) is 17.5 Å². The van der Waals surface area contributed by atoms with Crippen LogP contribution in [0.2, 0.25) is 0 Å². The third kappa shape index (κ3) is 3.43. The minimum Gasteiger partial charge on any atom is -0.379 e. The highest BCUT2D eigenvalue weighted by Crippen LogP contribution is 2.30. The molecule has 4 rings (SSSR count). The van der Waals surface area contributed by atoms with Crippen LogP contribution >= 0.6 is 11.3 Å². The molecule has 1 saturated heterocycles. The first-order valence-corrected chi connectivity index (χ1v) is 8.98. The lowest BCUT2D eigenvalue weighted by Gasteiger charge is -2.28. The highest BCUT2D eigenvalue weighted by atomic mass is 32.1. The molecule has 2 aliphatic rings. The van der Waals surface area contributed by atoms with Crippen molar-refractivity contribution in [2.45, 2.75) is 0 Å². The number of benzene rings is 1. The van der Waals surface area contributed by atoms with E-state index in [0.29, 0.717) is 0 Å². The van der Waals surface area contributed by atoms with Gasteiger partial charge in [0.2, 0.25) is 5.96 Å². The molecule has 3 heterocycles. The van der Waals surface area contributed by atoms with Crippen molar-refractivity contribution in [3.05, 3.63) is 43.1 Å². The first kappa shape index (κ1) is 15.6. The molecule has 6 nitrogen and oxygen atoms in total. The van der Waals surface area contributed by atoms with Gasteiger partial charge in [-0.3, -0.25) is 9.80 Å². The predicted octanol–water partition coefficient (Wildman–Crippen LogP) is 2.07. The van der Waals surface area contributed by atoms with Crippen LogP contribution in [-0.2, 0) is 4.74 Å². The SMILES string of the molecule is [CH]1C=CN=C(NCCN2CCOCC2)N1c1nc2ccccc2s1. The van der Waals surface area contributed by atoms with E-state index < -0.39 is 0 Å². The first-order chi connectivity index (χ1) is 11.9. The summed E-state index contributed by atoms with van der Waals surface area (Å²) in [6, 6.07) is 8.19. The van der Waals surface area contributed by atoms with Crippen molar-refractivity contribution in [1.82, 2.24) is 15.2 Å². The molecule has 7 heteroatoms. The van der Waals surface area contributed by atoms with Crippen molar-refractivity contribution in [1.29, 1.82) is 0 Å². The Morgan fingerprint density at radius 1 is 1.21 bits per heavy atom. The summed E-state index contributed by atoms with van der Waals surface area (Å²) in [6.07, 6.45) is 3.74. The van der Waals surface area contributed by atoms with Crippen LogP contribution in [0.1, 0.15) is 0 Å².